The topological polar surface area (TPSA) is 118 Å². The van der Waals surface area contributed by atoms with Crippen molar-refractivity contribution in [2.45, 2.75) is 106 Å². The molecule has 222 valence electrons. The van der Waals surface area contributed by atoms with Gasteiger partial charge in [0.25, 0.3) is 0 Å². The Hall–Kier alpha value is -2.64. The van der Waals surface area contributed by atoms with Crippen molar-refractivity contribution in [1.82, 2.24) is 0 Å². The summed E-state index contributed by atoms with van der Waals surface area (Å²) in [6.07, 6.45) is 7.29. The van der Waals surface area contributed by atoms with Crippen molar-refractivity contribution in [2.75, 3.05) is 7.11 Å². The van der Waals surface area contributed by atoms with Crippen molar-refractivity contribution in [1.29, 1.82) is 0 Å². The second-order valence-corrected chi connectivity index (χ2v) is 13.7. The Morgan fingerprint density at radius 1 is 1.05 bits per heavy atom. The highest BCUT2D eigenvalue weighted by atomic mass is 16.5. The Bertz CT molecular complexity index is 1170. The van der Waals surface area contributed by atoms with Crippen molar-refractivity contribution >= 4 is 23.4 Å². The minimum Gasteiger partial charge on any atom is -0.466 e. The first-order valence-corrected chi connectivity index (χ1v) is 14.8. The van der Waals surface area contributed by atoms with Gasteiger partial charge in [0.15, 0.2) is 0 Å². The second kappa shape index (κ2) is 11.0. The number of fused-ring (bicyclic) bond motifs is 5. The van der Waals surface area contributed by atoms with E-state index in [2.05, 4.69) is 44.1 Å². The molecule has 4 aliphatic rings. The fourth-order valence-electron chi connectivity index (χ4n) is 9.68. The van der Waals surface area contributed by atoms with Crippen LogP contribution >= 0.6 is 0 Å². The van der Waals surface area contributed by atoms with E-state index in [1.807, 2.05) is 13.8 Å². The van der Waals surface area contributed by atoms with Crippen LogP contribution in [-0.2, 0) is 19.1 Å². The minimum absolute atomic E-state index is 0.0114. The first kappa shape index (κ1) is 30.3. The average Bonchev–Trinajstić information content (AvgIpc) is 3.17. The van der Waals surface area contributed by atoms with Crippen LogP contribution in [0.1, 0.15) is 99.8 Å². The molecule has 8 heteroatoms. The number of allylic oxidation sites excluding steroid dienone is 2. The fraction of sp³-hybridized carbons (Fsp3) is 0.750. The molecule has 4 aliphatic carbocycles. The van der Waals surface area contributed by atoms with E-state index in [9.17, 15) is 20.0 Å². The molecular formula is C32H48N2O6. The summed E-state index contributed by atoms with van der Waals surface area (Å²) in [5, 5.41) is 27.8. The predicted molar refractivity (Wildman–Crippen MR) is 153 cm³/mol. The summed E-state index contributed by atoms with van der Waals surface area (Å²) < 4.78 is 11.3. The Labute approximate surface area is 238 Å². The number of carbonyl (C=O) groups is 2. The summed E-state index contributed by atoms with van der Waals surface area (Å²) in [4.78, 5) is 25.7. The van der Waals surface area contributed by atoms with Gasteiger partial charge >= 0.3 is 11.9 Å². The van der Waals surface area contributed by atoms with E-state index in [0.717, 1.165) is 36.3 Å². The minimum atomic E-state index is -0.534. The molecule has 0 saturated heterocycles. The lowest BCUT2D eigenvalue weighted by molar-refractivity contribution is -0.149. The van der Waals surface area contributed by atoms with E-state index in [1.54, 1.807) is 0 Å². The number of hydrogen-bond acceptors (Lipinski definition) is 8. The van der Waals surface area contributed by atoms with Crippen LogP contribution in [0.4, 0.5) is 0 Å². The summed E-state index contributed by atoms with van der Waals surface area (Å²) in [6.45, 7) is 14.6. The molecule has 0 aromatic carbocycles. The van der Waals surface area contributed by atoms with Gasteiger partial charge in [-0.1, -0.05) is 49.7 Å². The van der Waals surface area contributed by atoms with Gasteiger partial charge in [0.2, 0.25) is 0 Å². The molecule has 8 nitrogen and oxygen atoms in total. The Balaban J connectivity index is 1.88. The van der Waals surface area contributed by atoms with Crippen LogP contribution in [0, 0.1) is 39.9 Å². The number of nitrogens with zero attached hydrogens (tertiary/aromatic N) is 2. The molecule has 0 amide bonds. The lowest BCUT2D eigenvalue weighted by Crippen LogP contribution is -2.64. The first-order valence-electron chi connectivity index (χ1n) is 14.8. The molecule has 40 heavy (non-hydrogen) atoms. The highest BCUT2D eigenvalue weighted by Crippen LogP contribution is 2.73. The van der Waals surface area contributed by atoms with E-state index in [4.69, 9.17) is 9.47 Å². The van der Waals surface area contributed by atoms with E-state index in [0.29, 0.717) is 43.6 Å². The van der Waals surface area contributed by atoms with Gasteiger partial charge in [-0.2, -0.15) is 0 Å². The van der Waals surface area contributed by atoms with Crippen molar-refractivity contribution in [3.05, 3.63) is 22.8 Å². The van der Waals surface area contributed by atoms with Crippen LogP contribution < -0.4 is 0 Å². The molecule has 0 bridgehead atoms. The van der Waals surface area contributed by atoms with Gasteiger partial charge in [-0.25, -0.2) is 4.79 Å². The van der Waals surface area contributed by atoms with Gasteiger partial charge in [0.1, 0.15) is 6.10 Å². The number of ether oxygens (including phenoxy) is 2. The van der Waals surface area contributed by atoms with Gasteiger partial charge < -0.3 is 19.9 Å². The number of rotatable bonds is 5. The summed E-state index contributed by atoms with van der Waals surface area (Å²) in [6, 6.07) is 0. The molecule has 0 aromatic rings. The molecule has 4 saturated carbocycles. The van der Waals surface area contributed by atoms with Crippen LogP contribution in [0.15, 0.2) is 33.1 Å². The van der Waals surface area contributed by atoms with Gasteiger partial charge in [-0.15, -0.1) is 0 Å². The summed E-state index contributed by atoms with van der Waals surface area (Å²) >= 11 is 0. The quantitative estimate of drug-likeness (QED) is 0.128. The second-order valence-electron chi connectivity index (χ2n) is 13.7. The maximum absolute atomic E-state index is 13.3. The van der Waals surface area contributed by atoms with Crippen LogP contribution in [0.25, 0.3) is 0 Å². The highest BCUT2D eigenvalue weighted by Gasteiger charge is 2.70. The molecule has 4 fully saturated rings. The zero-order chi connectivity index (χ0) is 29.6. The normalized spacial score (nSPS) is 42.0. The molecule has 4 rings (SSSR count). The predicted octanol–water partition coefficient (Wildman–Crippen LogP) is 6.69. The van der Waals surface area contributed by atoms with Crippen molar-refractivity contribution in [3.8, 4) is 0 Å². The van der Waals surface area contributed by atoms with Crippen molar-refractivity contribution in [3.63, 3.8) is 0 Å². The molecule has 0 radical (unpaired) electrons. The summed E-state index contributed by atoms with van der Waals surface area (Å²) in [5.74, 6) is -0.424. The van der Waals surface area contributed by atoms with Crippen molar-refractivity contribution in [2.24, 2.45) is 50.2 Å². The van der Waals surface area contributed by atoms with Gasteiger partial charge in [0.05, 0.1) is 18.5 Å². The Kier molecular flexibility index (Phi) is 8.32. The van der Waals surface area contributed by atoms with Gasteiger partial charge in [-0.05, 0) is 98.9 Å². The molecule has 0 aliphatic heterocycles. The molecule has 8 atom stereocenters. The third-order valence-electron chi connectivity index (χ3n) is 11.6. The third-order valence-corrected chi connectivity index (χ3v) is 11.6. The van der Waals surface area contributed by atoms with E-state index in [1.165, 1.54) is 19.6 Å². The van der Waals surface area contributed by atoms with Gasteiger partial charge in [0, 0.05) is 24.3 Å². The van der Waals surface area contributed by atoms with Crippen LogP contribution in [0.3, 0.4) is 0 Å². The van der Waals surface area contributed by atoms with E-state index in [-0.39, 0.29) is 45.9 Å². The maximum Gasteiger partial charge on any atom is 0.333 e. The average molecular weight is 557 g/mol. The molecule has 2 N–H and O–H groups in total. The Morgan fingerprint density at radius 3 is 2.30 bits per heavy atom. The van der Waals surface area contributed by atoms with Crippen LogP contribution in [0.2, 0.25) is 0 Å². The molecular weight excluding hydrogens is 508 g/mol. The monoisotopic (exact) mass is 556 g/mol. The van der Waals surface area contributed by atoms with Gasteiger partial charge in [-0.3, -0.25) is 4.79 Å². The van der Waals surface area contributed by atoms with Crippen LogP contribution in [-0.4, -0.2) is 47.0 Å². The number of hydrogen-bond donors (Lipinski definition) is 2. The summed E-state index contributed by atoms with van der Waals surface area (Å²) in [7, 11) is 1.40. The number of carbonyl (C=O) groups excluding carboxylic acids is 2. The molecule has 0 aromatic heterocycles. The molecule has 1 unspecified atom stereocenters. The first-order chi connectivity index (χ1) is 18.8. The number of esters is 2. The zero-order valence-electron chi connectivity index (χ0n) is 25.5. The smallest absolute Gasteiger partial charge is 0.333 e. The number of oxime groups is 2. The fourth-order valence-corrected chi connectivity index (χ4v) is 9.68. The summed E-state index contributed by atoms with van der Waals surface area (Å²) in [5.41, 5.74) is 3.49. The van der Waals surface area contributed by atoms with Crippen LogP contribution in [0.5, 0.6) is 0 Å². The third kappa shape index (κ3) is 4.59. The van der Waals surface area contributed by atoms with E-state index < -0.39 is 6.10 Å². The number of methoxy groups -OCH3 is 1. The lowest BCUT2D eigenvalue weighted by Gasteiger charge is -2.67. The SMILES string of the molecule is COC(=O)/C(CCC=C(C)C)=C1\[C@@H](OC(C)=O)C[C@@]2(C)[C@@H]1CC(=NO)[C@@H]1[C@@]3(C)CCC(=NO)[C@@H](C)C3CC[C@@]12C. The lowest BCUT2D eigenvalue weighted by atomic mass is 9.36. The zero-order valence-corrected chi connectivity index (χ0v) is 25.5. The Morgan fingerprint density at radius 2 is 1.73 bits per heavy atom. The standard InChI is InChI=1S/C32H48N2O6/c1-18(2)10-9-11-21(29(36)39-8)27-23-16-25(34-38)28-30(5)14-13-24(33-37)19(3)22(30)12-15-31(28,6)32(23,7)17-26(27)40-20(4)35/h10,19,22-23,26,28,37-38H,9,11-17H2,1-8H3/b27-21-,33-24?,34-25?/t19-,22?,23+,26-,28+,30-,31-,32-/m0/s1. The maximum atomic E-state index is 13.3. The largest absolute Gasteiger partial charge is 0.466 e. The van der Waals surface area contributed by atoms with E-state index >= 15 is 0 Å². The highest BCUT2D eigenvalue weighted by molar-refractivity contribution is 5.93. The molecule has 0 spiro atoms. The van der Waals surface area contributed by atoms with Crippen molar-refractivity contribution < 1.29 is 29.5 Å². The molecule has 0 heterocycles.